The number of para-hydroxylation sites is 1. The fraction of sp³-hybridized carbons (Fsp3) is 0.0625. The van der Waals surface area contributed by atoms with E-state index >= 15 is 0 Å². The highest BCUT2D eigenvalue weighted by Gasteiger charge is 2.24. The Morgan fingerprint density at radius 2 is 1.94 bits per heavy atom. The van der Waals surface area contributed by atoms with E-state index in [0.29, 0.717) is 0 Å². The highest BCUT2D eigenvalue weighted by Crippen LogP contribution is 2.40. The fourth-order valence-corrected chi connectivity index (χ4v) is 3.07. The molecule has 1 aliphatic heterocycles. The molecule has 2 heteroatoms. The molecule has 2 aromatic carbocycles. The van der Waals surface area contributed by atoms with E-state index in [0.717, 1.165) is 16.6 Å². The van der Waals surface area contributed by atoms with Crippen molar-refractivity contribution in [3.05, 3.63) is 63.6 Å². The molecule has 0 aromatic heterocycles. The van der Waals surface area contributed by atoms with Crippen LogP contribution in [0, 0.1) is 0 Å². The van der Waals surface area contributed by atoms with Crippen LogP contribution in [0.5, 0.6) is 0 Å². The van der Waals surface area contributed by atoms with Gasteiger partial charge in [0.25, 0.3) is 0 Å². The third-order valence-electron chi connectivity index (χ3n) is 3.52. The molecule has 1 heterocycles. The van der Waals surface area contributed by atoms with Crippen LogP contribution in [-0.2, 0) is 6.42 Å². The van der Waals surface area contributed by atoms with Crippen molar-refractivity contribution >= 4 is 39.0 Å². The van der Waals surface area contributed by atoms with Gasteiger partial charge in [0, 0.05) is 22.0 Å². The highest BCUT2D eigenvalue weighted by molar-refractivity contribution is 9.10. The van der Waals surface area contributed by atoms with E-state index < -0.39 is 0 Å². The largest absolute Gasteiger partial charge is 0.252 e. The lowest BCUT2D eigenvalue weighted by molar-refractivity contribution is 1.30. The Hall–Kier alpha value is -1.67. The van der Waals surface area contributed by atoms with Crippen LogP contribution in [0.25, 0.3) is 11.6 Å². The summed E-state index contributed by atoms with van der Waals surface area (Å²) in [5.74, 6) is 0. The first kappa shape index (κ1) is 10.3. The van der Waals surface area contributed by atoms with E-state index in [9.17, 15) is 0 Å². The standard InChI is InChI=1S/C16H10BrN/c17-12-6-5-10-8-14-13-3-1-2-4-15(13)18-16(14)9-11(10)7-12/h1-8H,9H2. The Kier molecular flexibility index (Phi) is 2.09. The van der Waals surface area contributed by atoms with Gasteiger partial charge in [-0.1, -0.05) is 40.2 Å². The summed E-state index contributed by atoms with van der Waals surface area (Å²) < 4.78 is 1.13. The van der Waals surface area contributed by atoms with Crippen LogP contribution in [0.1, 0.15) is 16.7 Å². The van der Waals surface area contributed by atoms with Gasteiger partial charge >= 0.3 is 0 Å². The fourth-order valence-electron chi connectivity index (χ4n) is 2.66. The minimum atomic E-state index is 0.926. The third-order valence-corrected chi connectivity index (χ3v) is 4.02. The molecule has 2 aromatic rings. The average molecular weight is 296 g/mol. The van der Waals surface area contributed by atoms with Crippen molar-refractivity contribution in [1.29, 1.82) is 0 Å². The van der Waals surface area contributed by atoms with Crippen LogP contribution in [-0.4, -0.2) is 5.71 Å². The zero-order valence-electron chi connectivity index (χ0n) is 9.65. The second-order valence-corrected chi connectivity index (χ2v) is 5.57. The van der Waals surface area contributed by atoms with Gasteiger partial charge in [-0.15, -0.1) is 0 Å². The Morgan fingerprint density at radius 1 is 1.06 bits per heavy atom. The maximum absolute atomic E-state index is 4.74. The first-order chi connectivity index (χ1) is 8.81. The Bertz CT molecular complexity index is 726. The summed E-state index contributed by atoms with van der Waals surface area (Å²) in [6.07, 6.45) is 3.19. The number of aliphatic imine (C=N–C) groups is 1. The number of hydrogen-bond donors (Lipinski definition) is 0. The van der Waals surface area contributed by atoms with Crippen LogP contribution in [0.4, 0.5) is 5.69 Å². The molecule has 0 saturated carbocycles. The molecule has 0 atom stereocenters. The average Bonchev–Trinajstić information content (AvgIpc) is 2.73. The zero-order valence-corrected chi connectivity index (χ0v) is 11.2. The van der Waals surface area contributed by atoms with E-state index in [2.05, 4.69) is 58.4 Å². The molecule has 0 unspecified atom stereocenters. The Morgan fingerprint density at radius 3 is 2.89 bits per heavy atom. The van der Waals surface area contributed by atoms with Gasteiger partial charge in [-0.05, 0) is 35.4 Å². The summed E-state index contributed by atoms with van der Waals surface area (Å²) in [7, 11) is 0. The molecule has 0 spiro atoms. The van der Waals surface area contributed by atoms with Crippen LogP contribution in [0.2, 0.25) is 0 Å². The lowest BCUT2D eigenvalue weighted by Gasteiger charge is -2.15. The minimum absolute atomic E-state index is 0.926. The van der Waals surface area contributed by atoms with Crippen LogP contribution < -0.4 is 0 Å². The van der Waals surface area contributed by atoms with Gasteiger partial charge < -0.3 is 0 Å². The van der Waals surface area contributed by atoms with Crippen molar-refractivity contribution in [1.82, 2.24) is 0 Å². The van der Waals surface area contributed by atoms with Gasteiger partial charge in [-0.3, -0.25) is 4.99 Å². The van der Waals surface area contributed by atoms with Crippen molar-refractivity contribution in [2.75, 3.05) is 0 Å². The van der Waals surface area contributed by atoms with Gasteiger partial charge in [0.1, 0.15) is 0 Å². The molecule has 4 rings (SSSR count). The number of allylic oxidation sites excluding steroid dienone is 1. The topological polar surface area (TPSA) is 12.4 Å². The monoisotopic (exact) mass is 295 g/mol. The third kappa shape index (κ3) is 1.42. The molecule has 1 aliphatic carbocycles. The second-order valence-electron chi connectivity index (χ2n) is 4.65. The second kappa shape index (κ2) is 3.66. The molecule has 2 aliphatic rings. The van der Waals surface area contributed by atoms with E-state index in [4.69, 9.17) is 4.99 Å². The minimum Gasteiger partial charge on any atom is -0.252 e. The summed E-state index contributed by atoms with van der Waals surface area (Å²) in [5, 5.41) is 0. The van der Waals surface area contributed by atoms with Gasteiger partial charge in [-0.25, -0.2) is 0 Å². The number of halogens is 1. The lowest BCUT2D eigenvalue weighted by Crippen LogP contribution is -2.08. The molecule has 18 heavy (non-hydrogen) atoms. The van der Waals surface area contributed by atoms with Gasteiger partial charge in [0.15, 0.2) is 0 Å². The molecule has 0 N–H and O–H groups in total. The lowest BCUT2D eigenvalue weighted by atomic mass is 9.88. The van der Waals surface area contributed by atoms with Crippen LogP contribution >= 0.6 is 15.9 Å². The Labute approximate surface area is 114 Å². The van der Waals surface area contributed by atoms with E-state index in [1.54, 1.807) is 0 Å². The number of nitrogens with zero attached hydrogens (tertiary/aromatic N) is 1. The molecule has 0 radical (unpaired) electrons. The SMILES string of the molecule is Brc1ccc2c(c1)CC1=Nc3ccccc3C1=C2. The number of rotatable bonds is 0. The normalized spacial score (nSPS) is 15.4. The summed E-state index contributed by atoms with van der Waals surface area (Å²) >= 11 is 3.53. The maximum atomic E-state index is 4.74. The van der Waals surface area contributed by atoms with Crippen LogP contribution in [0.15, 0.2) is 51.9 Å². The predicted molar refractivity (Wildman–Crippen MR) is 79.3 cm³/mol. The maximum Gasteiger partial charge on any atom is 0.0712 e. The molecule has 0 amide bonds. The number of fused-ring (bicyclic) bond motifs is 4. The summed E-state index contributed by atoms with van der Waals surface area (Å²) in [6, 6.07) is 14.8. The smallest absolute Gasteiger partial charge is 0.0712 e. The van der Waals surface area contributed by atoms with Gasteiger partial charge in [-0.2, -0.15) is 0 Å². The predicted octanol–water partition coefficient (Wildman–Crippen LogP) is 4.63. The molecular weight excluding hydrogens is 286 g/mol. The van der Waals surface area contributed by atoms with E-state index in [1.165, 1.54) is 28.0 Å². The van der Waals surface area contributed by atoms with Gasteiger partial charge in [0.05, 0.1) is 11.4 Å². The zero-order chi connectivity index (χ0) is 12.1. The van der Waals surface area contributed by atoms with Gasteiger partial charge in [0.2, 0.25) is 0 Å². The molecule has 1 nitrogen and oxygen atoms in total. The van der Waals surface area contributed by atoms with Crippen molar-refractivity contribution < 1.29 is 0 Å². The summed E-state index contributed by atoms with van der Waals surface area (Å²) in [5.41, 5.74) is 7.51. The summed E-state index contributed by atoms with van der Waals surface area (Å²) in [6.45, 7) is 0. The highest BCUT2D eigenvalue weighted by atomic mass is 79.9. The molecule has 0 bridgehead atoms. The van der Waals surface area contributed by atoms with Crippen molar-refractivity contribution in [3.63, 3.8) is 0 Å². The van der Waals surface area contributed by atoms with Crippen molar-refractivity contribution in [3.8, 4) is 0 Å². The van der Waals surface area contributed by atoms with Crippen molar-refractivity contribution in [2.24, 2.45) is 4.99 Å². The van der Waals surface area contributed by atoms with Crippen molar-refractivity contribution in [2.45, 2.75) is 6.42 Å². The molecule has 0 fully saturated rings. The van der Waals surface area contributed by atoms with E-state index in [-0.39, 0.29) is 0 Å². The molecule has 86 valence electrons. The first-order valence-corrected chi connectivity index (χ1v) is 6.78. The van der Waals surface area contributed by atoms with E-state index in [1.807, 2.05) is 6.07 Å². The first-order valence-electron chi connectivity index (χ1n) is 5.99. The quantitative estimate of drug-likeness (QED) is 0.672. The number of benzene rings is 2. The Balaban J connectivity index is 1.94. The number of hydrogen-bond acceptors (Lipinski definition) is 1. The molecular formula is C16H10BrN. The molecule has 0 saturated heterocycles. The van der Waals surface area contributed by atoms with Crippen LogP contribution in [0.3, 0.4) is 0 Å². The summed E-state index contributed by atoms with van der Waals surface area (Å²) in [4.78, 5) is 4.74.